The minimum absolute atomic E-state index is 0.352. The molecule has 5 rings (SSSR count). The van der Waals surface area contributed by atoms with Gasteiger partial charge >= 0.3 is 5.97 Å². The highest BCUT2D eigenvalue weighted by molar-refractivity contribution is 7.99. The van der Waals surface area contributed by atoms with Gasteiger partial charge in [0.2, 0.25) is 0 Å². The third-order valence-electron chi connectivity index (χ3n) is 5.82. The number of rotatable bonds is 10. The van der Waals surface area contributed by atoms with Gasteiger partial charge in [-0.15, -0.1) is 34.4 Å². The van der Waals surface area contributed by atoms with Gasteiger partial charge in [-0.05, 0) is 64.2 Å². The van der Waals surface area contributed by atoms with Crippen LogP contribution in [0.3, 0.4) is 0 Å². The Morgan fingerprint density at radius 2 is 1.31 bits per heavy atom. The van der Waals surface area contributed by atoms with Crippen LogP contribution in [-0.4, -0.2) is 23.4 Å². The van der Waals surface area contributed by atoms with Gasteiger partial charge in [-0.2, -0.15) is 0 Å². The van der Waals surface area contributed by atoms with Crippen molar-refractivity contribution >= 4 is 69.2 Å². The molecule has 0 amide bonds. The first kappa shape index (κ1) is 27.6. The highest BCUT2D eigenvalue weighted by Gasteiger charge is 2.09. The summed E-state index contributed by atoms with van der Waals surface area (Å²) in [5, 5.41) is 14.2. The van der Waals surface area contributed by atoms with E-state index in [2.05, 4.69) is 54.6 Å². The molecule has 196 valence electrons. The van der Waals surface area contributed by atoms with E-state index in [0.29, 0.717) is 5.75 Å². The van der Waals surface area contributed by atoms with Crippen LogP contribution in [0.15, 0.2) is 107 Å². The van der Waals surface area contributed by atoms with Crippen LogP contribution in [0, 0.1) is 0 Å². The van der Waals surface area contributed by atoms with E-state index in [1.165, 1.54) is 0 Å². The SMILES string of the molecule is O=C(O)COc1ccc(SCC=C(c2ccc(-c3cc(Cl)cs3)cc2)c2ccc(-c3cc(Cl)cs3)cc2)cc1. The molecule has 5 aromatic rings. The zero-order valence-electron chi connectivity index (χ0n) is 20.5. The molecular formula is C31H22Cl2O3S3. The molecule has 0 spiro atoms. The highest BCUT2D eigenvalue weighted by atomic mass is 35.5. The fraction of sp³-hybridized carbons (Fsp3) is 0.0645. The predicted molar refractivity (Wildman–Crippen MR) is 167 cm³/mol. The van der Waals surface area contributed by atoms with Crippen LogP contribution in [0.1, 0.15) is 11.1 Å². The van der Waals surface area contributed by atoms with Crippen LogP contribution in [-0.2, 0) is 4.79 Å². The molecule has 0 saturated carbocycles. The van der Waals surface area contributed by atoms with Crippen molar-refractivity contribution in [3.05, 3.63) is 123 Å². The van der Waals surface area contributed by atoms with E-state index in [1.54, 1.807) is 46.6 Å². The van der Waals surface area contributed by atoms with Crippen LogP contribution >= 0.6 is 57.6 Å². The Balaban J connectivity index is 1.38. The van der Waals surface area contributed by atoms with Crippen LogP contribution in [0.2, 0.25) is 10.0 Å². The van der Waals surface area contributed by atoms with E-state index >= 15 is 0 Å². The van der Waals surface area contributed by atoms with Crippen molar-refractivity contribution < 1.29 is 14.6 Å². The molecule has 0 aliphatic rings. The zero-order valence-corrected chi connectivity index (χ0v) is 24.4. The number of ether oxygens (including phenoxy) is 1. The van der Waals surface area contributed by atoms with E-state index in [9.17, 15) is 4.79 Å². The summed E-state index contributed by atoms with van der Waals surface area (Å²) in [5.74, 6) is 0.303. The standard InChI is InChI=1S/C31H22Cl2O3S3/c32-24-15-29(38-18-24)22-5-1-20(2-6-22)28(21-3-7-23(8-4-21)30-16-25(33)19-39-30)13-14-37-27-11-9-26(10-12-27)36-17-31(34)35/h1-13,15-16,18-19H,14,17H2,(H,34,35). The molecule has 0 aliphatic carbocycles. The van der Waals surface area contributed by atoms with Crippen molar-refractivity contribution in [2.75, 3.05) is 12.4 Å². The van der Waals surface area contributed by atoms with Crippen LogP contribution < -0.4 is 4.74 Å². The minimum atomic E-state index is -0.995. The number of carbonyl (C=O) groups is 1. The number of benzene rings is 3. The molecule has 0 aliphatic heterocycles. The Kier molecular flexibility index (Phi) is 9.12. The molecule has 8 heteroatoms. The van der Waals surface area contributed by atoms with Crippen molar-refractivity contribution in [3.8, 4) is 26.6 Å². The molecule has 0 atom stereocenters. The first-order valence-electron chi connectivity index (χ1n) is 11.9. The van der Waals surface area contributed by atoms with Gasteiger partial charge < -0.3 is 9.84 Å². The molecule has 3 aromatic carbocycles. The van der Waals surface area contributed by atoms with E-state index in [0.717, 1.165) is 58.3 Å². The quantitative estimate of drug-likeness (QED) is 0.160. The summed E-state index contributed by atoms with van der Waals surface area (Å²) in [6.07, 6.45) is 2.24. The van der Waals surface area contributed by atoms with Crippen molar-refractivity contribution in [1.29, 1.82) is 0 Å². The fourth-order valence-electron chi connectivity index (χ4n) is 3.96. The van der Waals surface area contributed by atoms with E-state index in [4.69, 9.17) is 33.0 Å². The van der Waals surface area contributed by atoms with Gasteiger partial charge in [-0.3, -0.25) is 0 Å². The molecule has 2 aromatic heterocycles. The molecule has 2 heterocycles. The first-order valence-corrected chi connectivity index (χ1v) is 15.4. The number of aliphatic carboxylic acids is 1. The van der Waals surface area contributed by atoms with Gasteiger partial charge in [-0.1, -0.05) is 77.8 Å². The summed E-state index contributed by atoms with van der Waals surface area (Å²) < 4.78 is 5.23. The van der Waals surface area contributed by atoms with Gasteiger partial charge in [-0.25, -0.2) is 4.79 Å². The van der Waals surface area contributed by atoms with Gasteiger partial charge in [0.15, 0.2) is 6.61 Å². The molecule has 1 N–H and O–H groups in total. The van der Waals surface area contributed by atoms with E-state index in [1.807, 2.05) is 35.0 Å². The Hall–Kier alpha value is -3.00. The maximum absolute atomic E-state index is 10.7. The van der Waals surface area contributed by atoms with Crippen LogP contribution in [0.4, 0.5) is 0 Å². The number of halogens is 2. The molecule has 0 unspecified atom stereocenters. The van der Waals surface area contributed by atoms with E-state index < -0.39 is 5.97 Å². The van der Waals surface area contributed by atoms with Crippen molar-refractivity contribution in [2.45, 2.75) is 4.90 Å². The molecule has 39 heavy (non-hydrogen) atoms. The number of hydrogen-bond acceptors (Lipinski definition) is 5. The Morgan fingerprint density at radius 3 is 1.74 bits per heavy atom. The lowest BCUT2D eigenvalue weighted by Crippen LogP contribution is -2.09. The second-order valence-electron chi connectivity index (χ2n) is 8.50. The lowest BCUT2D eigenvalue weighted by molar-refractivity contribution is -0.139. The molecule has 0 fully saturated rings. The highest BCUT2D eigenvalue weighted by Crippen LogP contribution is 2.34. The number of thiophene rings is 2. The molecular weight excluding hydrogens is 587 g/mol. The van der Waals surface area contributed by atoms with Crippen LogP contribution in [0.5, 0.6) is 5.75 Å². The van der Waals surface area contributed by atoms with Gasteiger partial charge in [0.25, 0.3) is 0 Å². The van der Waals surface area contributed by atoms with Gasteiger partial charge in [0.05, 0.1) is 10.0 Å². The summed E-state index contributed by atoms with van der Waals surface area (Å²) in [5.41, 5.74) is 5.69. The molecule has 0 saturated heterocycles. The Labute approximate surface area is 249 Å². The van der Waals surface area contributed by atoms with E-state index in [-0.39, 0.29) is 6.61 Å². The normalized spacial score (nSPS) is 10.8. The summed E-state index contributed by atoms with van der Waals surface area (Å²) in [4.78, 5) is 14.1. The zero-order chi connectivity index (χ0) is 27.2. The van der Waals surface area contributed by atoms with Gasteiger partial charge in [0, 0.05) is 31.2 Å². The molecule has 3 nitrogen and oxygen atoms in total. The minimum Gasteiger partial charge on any atom is -0.482 e. The molecule has 0 bridgehead atoms. The topological polar surface area (TPSA) is 46.5 Å². The maximum atomic E-state index is 10.7. The lowest BCUT2D eigenvalue weighted by atomic mass is 9.95. The summed E-state index contributed by atoms with van der Waals surface area (Å²) in [7, 11) is 0. The third-order valence-corrected chi connectivity index (χ3v) is 9.41. The average Bonchev–Trinajstić information content (AvgIpc) is 3.59. The van der Waals surface area contributed by atoms with Crippen LogP contribution in [0.25, 0.3) is 26.5 Å². The Morgan fingerprint density at radius 1 is 0.795 bits per heavy atom. The lowest BCUT2D eigenvalue weighted by Gasteiger charge is -2.11. The predicted octanol–water partition coefficient (Wildman–Crippen LogP) is 10.1. The van der Waals surface area contributed by atoms with Gasteiger partial charge in [0.1, 0.15) is 5.75 Å². The van der Waals surface area contributed by atoms with Crippen molar-refractivity contribution in [2.24, 2.45) is 0 Å². The summed E-state index contributed by atoms with van der Waals surface area (Å²) in [6, 6.07) is 28.6. The smallest absolute Gasteiger partial charge is 0.341 e. The Bertz CT molecular complexity index is 1500. The van der Waals surface area contributed by atoms with Crippen molar-refractivity contribution in [1.82, 2.24) is 0 Å². The first-order chi connectivity index (χ1) is 18.9. The number of carboxylic acids is 1. The third kappa shape index (κ3) is 7.35. The average molecular weight is 610 g/mol. The monoisotopic (exact) mass is 608 g/mol. The second-order valence-corrected chi connectivity index (χ2v) is 12.3. The number of carboxylic acid groups (broad SMARTS) is 1. The maximum Gasteiger partial charge on any atom is 0.341 e. The number of thioether (sulfide) groups is 1. The largest absolute Gasteiger partial charge is 0.482 e. The second kappa shape index (κ2) is 12.9. The summed E-state index contributed by atoms with van der Waals surface area (Å²) in [6.45, 7) is -0.352. The summed E-state index contributed by atoms with van der Waals surface area (Å²) >= 11 is 17.2. The van der Waals surface area contributed by atoms with Crippen molar-refractivity contribution in [3.63, 3.8) is 0 Å². The number of hydrogen-bond donors (Lipinski definition) is 1. The molecule has 0 radical (unpaired) electrons. The fourth-order valence-corrected chi connectivity index (χ4v) is 6.89.